The first kappa shape index (κ1) is 22.1. The Bertz CT molecular complexity index is 1030. The molecule has 2 unspecified atom stereocenters. The number of carbonyl (C=O) groups is 1. The van der Waals surface area contributed by atoms with Gasteiger partial charge in [-0.3, -0.25) is 10.1 Å². The van der Waals surface area contributed by atoms with Crippen LogP contribution in [0.1, 0.15) is 24.4 Å². The number of carbonyl (C=O) groups excluding carboxylic acids is 1. The number of nitrogens with zero attached hydrogens (tertiary/aromatic N) is 3. The lowest BCUT2D eigenvalue weighted by Gasteiger charge is -2.27. The van der Waals surface area contributed by atoms with Gasteiger partial charge in [0.25, 0.3) is 0 Å². The Balaban J connectivity index is 1.91. The molecule has 3 rings (SSSR count). The van der Waals surface area contributed by atoms with Crippen LogP contribution in [0, 0.1) is 11.3 Å². The summed E-state index contributed by atoms with van der Waals surface area (Å²) in [6, 6.07) is 4.59. The van der Waals surface area contributed by atoms with Crippen molar-refractivity contribution in [2.75, 3.05) is 5.75 Å². The van der Waals surface area contributed by atoms with E-state index in [1.54, 1.807) is 0 Å². The molecule has 0 spiro atoms. The molecule has 2 aromatic rings. The third kappa shape index (κ3) is 5.13. The second-order valence-electron chi connectivity index (χ2n) is 6.77. The van der Waals surface area contributed by atoms with Gasteiger partial charge in [-0.25, -0.2) is 8.42 Å². The van der Waals surface area contributed by atoms with Gasteiger partial charge in [0.2, 0.25) is 20.1 Å². The van der Waals surface area contributed by atoms with Gasteiger partial charge in [0.05, 0.1) is 11.8 Å². The summed E-state index contributed by atoms with van der Waals surface area (Å²) in [5, 5.41) is 20.5. The third-order valence-corrected chi connectivity index (χ3v) is 7.38. The van der Waals surface area contributed by atoms with E-state index in [9.17, 15) is 26.4 Å². The van der Waals surface area contributed by atoms with Crippen LogP contribution in [-0.4, -0.2) is 48.0 Å². The number of nitrogens with one attached hydrogen (secondary N) is 2. The minimum absolute atomic E-state index is 0.183. The molecule has 2 N–H and O–H groups in total. The van der Waals surface area contributed by atoms with Gasteiger partial charge in [0.1, 0.15) is 23.1 Å². The quantitative estimate of drug-likeness (QED) is 0.616. The summed E-state index contributed by atoms with van der Waals surface area (Å²) in [6.07, 6.45) is -4.13. The standard InChI is InChI=1S/C17H16F3N5O3S2/c18-17(19,20)13(11-4-2-1-3-5-11)23-12(14(26)24-16(9-21)6-7-16)8-30(27,28)15-25-22-10-29-15/h1-5,10,12-13,23H,6-8H2,(H,24,26). The average Bonchev–Trinajstić information content (AvgIpc) is 3.22. The first-order chi connectivity index (χ1) is 14.1. The van der Waals surface area contributed by atoms with Crippen LogP contribution in [0.15, 0.2) is 40.2 Å². The van der Waals surface area contributed by atoms with Gasteiger partial charge in [0, 0.05) is 0 Å². The Kier molecular flexibility index (Phi) is 6.11. The predicted octanol–water partition coefficient (Wildman–Crippen LogP) is 1.75. The smallest absolute Gasteiger partial charge is 0.336 e. The van der Waals surface area contributed by atoms with Gasteiger partial charge < -0.3 is 5.32 Å². The van der Waals surface area contributed by atoms with Crippen molar-refractivity contribution in [3.05, 3.63) is 41.4 Å². The number of amides is 1. The maximum Gasteiger partial charge on any atom is 0.407 e. The van der Waals surface area contributed by atoms with Gasteiger partial charge in [-0.15, -0.1) is 10.2 Å². The van der Waals surface area contributed by atoms with Crippen molar-refractivity contribution in [3.8, 4) is 6.07 Å². The molecule has 0 saturated heterocycles. The van der Waals surface area contributed by atoms with E-state index in [0.717, 1.165) is 5.51 Å². The van der Waals surface area contributed by atoms with Crippen LogP contribution in [0.4, 0.5) is 13.2 Å². The summed E-state index contributed by atoms with van der Waals surface area (Å²) >= 11 is 0.690. The van der Waals surface area contributed by atoms with E-state index < -0.39 is 49.6 Å². The predicted molar refractivity (Wildman–Crippen MR) is 99.8 cm³/mol. The molecule has 2 atom stereocenters. The maximum atomic E-state index is 13.7. The number of halogens is 3. The number of rotatable bonds is 8. The molecular weight excluding hydrogens is 443 g/mol. The van der Waals surface area contributed by atoms with Gasteiger partial charge >= 0.3 is 6.18 Å². The summed E-state index contributed by atoms with van der Waals surface area (Å²) in [6.45, 7) is 0. The molecule has 1 aromatic heterocycles. The van der Waals surface area contributed by atoms with Crippen molar-refractivity contribution in [1.82, 2.24) is 20.8 Å². The van der Waals surface area contributed by atoms with E-state index in [1.165, 1.54) is 30.3 Å². The van der Waals surface area contributed by atoms with Crippen LogP contribution in [0.25, 0.3) is 0 Å². The van der Waals surface area contributed by atoms with Gasteiger partial charge in [0.15, 0.2) is 0 Å². The number of alkyl halides is 3. The Morgan fingerprint density at radius 3 is 2.47 bits per heavy atom. The molecule has 1 fully saturated rings. The molecule has 160 valence electrons. The average molecular weight is 459 g/mol. The van der Waals surface area contributed by atoms with Gasteiger partial charge in [-0.05, 0) is 18.4 Å². The van der Waals surface area contributed by atoms with E-state index in [1.807, 2.05) is 6.07 Å². The first-order valence-electron chi connectivity index (χ1n) is 8.66. The van der Waals surface area contributed by atoms with Crippen molar-refractivity contribution in [2.45, 2.75) is 41.0 Å². The molecule has 13 heteroatoms. The monoisotopic (exact) mass is 459 g/mol. The van der Waals surface area contributed by atoms with Crippen LogP contribution in [0.3, 0.4) is 0 Å². The van der Waals surface area contributed by atoms with Crippen LogP contribution in [-0.2, 0) is 14.6 Å². The van der Waals surface area contributed by atoms with Crippen molar-refractivity contribution in [2.24, 2.45) is 0 Å². The minimum Gasteiger partial charge on any atom is -0.336 e. The van der Waals surface area contributed by atoms with Crippen LogP contribution < -0.4 is 10.6 Å². The minimum atomic E-state index is -4.81. The molecule has 0 aliphatic heterocycles. The number of nitriles is 1. The zero-order chi connectivity index (χ0) is 22.0. The van der Waals surface area contributed by atoms with E-state index in [4.69, 9.17) is 5.26 Å². The highest BCUT2D eigenvalue weighted by atomic mass is 32.2. The molecule has 1 amide bonds. The van der Waals surface area contributed by atoms with Gasteiger partial charge in [-0.2, -0.15) is 18.4 Å². The summed E-state index contributed by atoms with van der Waals surface area (Å²) in [5.74, 6) is -1.98. The Hall–Kier alpha value is -2.56. The lowest BCUT2D eigenvalue weighted by atomic mass is 10.1. The molecule has 1 aromatic carbocycles. The third-order valence-electron chi connectivity index (χ3n) is 4.46. The second kappa shape index (κ2) is 8.29. The fraction of sp³-hybridized carbons (Fsp3) is 0.412. The summed E-state index contributed by atoms with van der Waals surface area (Å²) in [5.41, 5.74) is -0.200. The number of hydrogen-bond donors (Lipinski definition) is 2. The lowest BCUT2D eigenvalue weighted by Crippen LogP contribution is -2.54. The topological polar surface area (TPSA) is 125 Å². The molecule has 30 heavy (non-hydrogen) atoms. The molecular formula is C17H16F3N5O3S2. The first-order valence-corrected chi connectivity index (χ1v) is 11.2. The van der Waals surface area contributed by atoms with Gasteiger partial charge in [-0.1, -0.05) is 41.7 Å². The number of sulfone groups is 1. The number of benzene rings is 1. The van der Waals surface area contributed by atoms with E-state index in [2.05, 4.69) is 20.8 Å². The molecule has 1 heterocycles. The largest absolute Gasteiger partial charge is 0.407 e. The van der Waals surface area contributed by atoms with E-state index >= 15 is 0 Å². The molecule has 8 nitrogen and oxygen atoms in total. The Labute approximate surface area is 174 Å². The Morgan fingerprint density at radius 1 is 1.30 bits per heavy atom. The SMILES string of the molecule is N#CC1(NC(=O)C(CS(=O)(=O)c2nncs2)NC(c2ccccc2)C(F)(F)F)CC1. The maximum absolute atomic E-state index is 13.7. The highest BCUT2D eigenvalue weighted by Crippen LogP contribution is 2.35. The molecule has 1 saturated carbocycles. The van der Waals surface area contributed by atoms with Crippen LogP contribution in [0.5, 0.6) is 0 Å². The van der Waals surface area contributed by atoms with Crippen molar-refractivity contribution >= 4 is 27.1 Å². The second-order valence-corrected chi connectivity index (χ2v) is 9.81. The highest BCUT2D eigenvalue weighted by molar-refractivity contribution is 7.93. The van der Waals surface area contributed by atoms with Crippen LogP contribution in [0.2, 0.25) is 0 Å². The normalized spacial score (nSPS) is 17.5. The van der Waals surface area contributed by atoms with Crippen molar-refractivity contribution in [3.63, 3.8) is 0 Å². The van der Waals surface area contributed by atoms with Crippen molar-refractivity contribution < 1.29 is 26.4 Å². The highest BCUT2D eigenvalue weighted by Gasteiger charge is 2.48. The molecule has 1 aliphatic rings. The molecule has 0 bridgehead atoms. The zero-order valence-corrected chi connectivity index (χ0v) is 16.9. The fourth-order valence-electron chi connectivity index (χ4n) is 2.73. The summed E-state index contributed by atoms with van der Waals surface area (Å²) in [7, 11) is -4.21. The van der Waals surface area contributed by atoms with Crippen molar-refractivity contribution in [1.29, 1.82) is 5.26 Å². The fourth-order valence-corrected chi connectivity index (χ4v) is 4.93. The number of aromatic nitrogens is 2. The summed E-state index contributed by atoms with van der Waals surface area (Å²) in [4.78, 5) is 12.7. The van der Waals surface area contributed by atoms with Crippen LogP contribution >= 0.6 is 11.3 Å². The van der Waals surface area contributed by atoms with E-state index in [0.29, 0.717) is 24.2 Å². The zero-order valence-electron chi connectivity index (χ0n) is 15.3. The molecule has 1 aliphatic carbocycles. The summed E-state index contributed by atoms with van der Waals surface area (Å²) < 4.78 is 65.9. The van der Waals surface area contributed by atoms with E-state index in [-0.39, 0.29) is 5.56 Å². The molecule has 0 radical (unpaired) electrons. The number of hydrogen-bond acceptors (Lipinski definition) is 8. The Morgan fingerprint density at radius 2 is 1.97 bits per heavy atom. The lowest BCUT2D eigenvalue weighted by molar-refractivity contribution is -0.160.